The Hall–Kier alpha value is -1.75. The molecule has 2 saturated heterocycles. The van der Waals surface area contributed by atoms with Crippen LogP contribution in [0.3, 0.4) is 0 Å². The van der Waals surface area contributed by atoms with Gasteiger partial charge in [-0.05, 0) is 50.7 Å². The lowest BCUT2D eigenvalue weighted by molar-refractivity contribution is 0.0198. The van der Waals surface area contributed by atoms with Crippen molar-refractivity contribution in [3.63, 3.8) is 0 Å². The minimum absolute atomic E-state index is 0.105. The first kappa shape index (κ1) is 15.8. The minimum atomic E-state index is -0.105. The highest BCUT2D eigenvalue weighted by molar-refractivity contribution is 5.89. The van der Waals surface area contributed by atoms with Crippen LogP contribution in [0.5, 0.6) is 5.75 Å². The van der Waals surface area contributed by atoms with E-state index >= 15 is 0 Å². The fourth-order valence-electron chi connectivity index (χ4n) is 4.56. The van der Waals surface area contributed by atoms with Crippen LogP contribution in [-0.4, -0.2) is 42.2 Å². The average molecular weight is 329 g/mol. The van der Waals surface area contributed by atoms with E-state index in [0.717, 1.165) is 30.3 Å². The molecule has 2 atom stereocenters. The second-order valence-electron chi connectivity index (χ2n) is 7.42. The number of methoxy groups -OCH3 is 1. The number of urea groups is 1. The van der Waals surface area contributed by atoms with Crippen molar-refractivity contribution >= 4 is 11.7 Å². The third kappa shape index (κ3) is 3.36. The molecule has 130 valence electrons. The summed E-state index contributed by atoms with van der Waals surface area (Å²) >= 11 is 0. The van der Waals surface area contributed by atoms with Crippen LogP contribution in [0, 0.1) is 0 Å². The highest BCUT2D eigenvalue weighted by Gasteiger charge is 2.45. The van der Waals surface area contributed by atoms with E-state index in [2.05, 4.69) is 15.5 Å². The number of carbonyl (C=O) groups is 1. The Morgan fingerprint density at radius 3 is 2.54 bits per heavy atom. The zero-order valence-corrected chi connectivity index (χ0v) is 14.3. The van der Waals surface area contributed by atoms with E-state index in [4.69, 9.17) is 4.74 Å². The summed E-state index contributed by atoms with van der Waals surface area (Å²) in [6.45, 7) is 0. The summed E-state index contributed by atoms with van der Waals surface area (Å²) in [5, 5.41) is 6.13. The molecular formula is C19H27N3O2. The minimum Gasteiger partial charge on any atom is -0.497 e. The Morgan fingerprint density at radius 1 is 1.12 bits per heavy atom. The highest BCUT2D eigenvalue weighted by Crippen LogP contribution is 2.41. The van der Waals surface area contributed by atoms with Crippen LogP contribution in [0.1, 0.15) is 44.9 Å². The van der Waals surface area contributed by atoms with Gasteiger partial charge in [-0.2, -0.15) is 0 Å². The molecule has 2 heterocycles. The van der Waals surface area contributed by atoms with Gasteiger partial charge in [0.25, 0.3) is 0 Å². The Balaban J connectivity index is 1.34. The van der Waals surface area contributed by atoms with Crippen molar-refractivity contribution in [2.24, 2.45) is 0 Å². The van der Waals surface area contributed by atoms with Gasteiger partial charge in [-0.25, -0.2) is 4.79 Å². The summed E-state index contributed by atoms with van der Waals surface area (Å²) in [4.78, 5) is 15.1. The van der Waals surface area contributed by atoms with Crippen molar-refractivity contribution in [3.05, 3.63) is 24.3 Å². The third-order valence-corrected chi connectivity index (χ3v) is 5.66. The number of ether oxygens (including phenoxy) is 1. The number of carbonyl (C=O) groups excluding carboxylic acids is 1. The van der Waals surface area contributed by atoms with Gasteiger partial charge < -0.3 is 15.4 Å². The van der Waals surface area contributed by atoms with E-state index < -0.39 is 0 Å². The summed E-state index contributed by atoms with van der Waals surface area (Å²) in [6, 6.07) is 9.85. The number of hydrogen-bond donors (Lipinski definition) is 2. The van der Waals surface area contributed by atoms with E-state index in [0.29, 0.717) is 18.1 Å². The van der Waals surface area contributed by atoms with Crippen molar-refractivity contribution in [1.29, 1.82) is 0 Å². The Labute approximate surface area is 143 Å². The summed E-state index contributed by atoms with van der Waals surface area (Å²) in [5.41, 5.74) is 0.766. The lowest BCUT2D eigenvalue weighted by atomic mass is 9.81. The van der Waals surface area contributed by atoms with Gasteiger partial charge in [0.1, 0.15) is 5.75 Å². The zero-order valence-electron chi connectivity index (χ0n) is 14.3. The van der Waals surface area contributed by atoms with Crippen LogP contribution >= 0.6 is 0 Å². The maximum atomic E-state index is 12.4. The predicted octanol–water partition coefficient (Wildman–Crippen LogP) is 3.36. The zero-order chi connectivity index (χ0) is 16.5. The number of rotatable bonds is 4. The molecule has 24 heavy (non-hydrogen) atoms. The third-order valence-electron chi connectivity index (χ3n) is 5.66. The first-order chi connectivity index (χ1) is 11.7. The molecule has 2 N–H and O–H groups in total. The quantitative estimate of drug-likeness (QED) is 0.890. The molecule has 1 aliphatic carbocycles. The molecule has 2 aliphatic heterocycles. The molecule has 0 unspecified atom stereocenters. The monoisotopic (exact) mass is 329 g/mol. The molecule has 3 fully saturated rings. The first-order valence-electron chi connectivity index (χ1n) is 9.22. The molecule has 3 aliphatic rings. The largest absolute Gasteiger partial charge is 0.497 e. The highest BCUT2D eigenvalue weighted by atomic mass is 16.5. The summed E-state index contributed by atoms with van der Waals surface area (Å²) in [7, 11) is 1.63. The molecule has 1 aromatic carbocycles. The van der Waals surface area contributed by atoms with Crippen LogP contribution in [0.15, 0.2) is 24.3 Å². The maximum Gasteiger partial charge on any atom is 0.319 e. The second kappa shape index (κ2) is 6.63. The van der Waals surface area contributed by atoms with Gasteiger partial charge in [-0.15, -0.1) is 0 Å². The number of anilines is 1. The molecule has 5 heteroatoms. The average Bonchev–Trinajstić information content (AvgIpc) is 3.39. The number of nitrogens with zero attached hydrogens (tertiary/aromatic N) is 1. The number of piperidine rings is 2. The molecular weight excluding hydrogens is 302 g/mol. The van der Waals surface area contributed by atoms with Crippen LogP contribution in [0.2, 0.25) is 0 Å². The molecule has 5 nitrogen and oxygen atoms in total. The topological polar surface area (TPSA) is 53.6 Å². The first-order valence-corrected chi connectivity index (χ1v) is 9.22. The molecule has 2 amide bonds. The van der Waals surface area contributed by atoms with Gasteiger partial charge in [0.2, 0.25) is 0 Å². The molecule has 4 rings (SSSR count). The standard InChI is InChI=1S/C19H27N3O2/c1-24-18-7-2-4-13(12-18)20-19(23)21-14-10-16-5-3-6-17(11-14)22(16)15-8-9-15/h2,4,7,12,14-17H,3,5-6,8-11H2,1H3,(H2,20,21,23)/t16-,17-/m0/s1. The van der Waals surface area contributed by atoms with Crippen molar-refractivity contribution in [3.8, 4) is 5.75 Å². The van der Waals surface area contributed by atoms with Crippen molar-refractivity contribution in [1.82, 2.24) is 10.2 Å². The smallest absolute Gasteiger partial charge is 0.319 e. The molecule has 1 saturated carbocycles. The molecule has 0 spiro atoms. The second-order valence-corrected chi connectivity index (χ2v) is 7.42. The van der Waals surface area contributed by atoms with Gasteiger partial charge in [0, 0.05) is 35.9 Å². The van der Waals surface area contributed by atoms with Crippen LogP contribution in [0.25, 0.3) is 0 Å². The van der Waals surface area contributed by atoms with E-state index in [1.165, 1.54) is 32.1 Å². The number of nitrogens with one attached hydrogen (secondary N) is 2. The molecule has 2 bridgehead atoms. The van der Waals surface area contributed by atoms with Crippen LogP contribution in [0.4, 0.5) is 10.5 Å². The van der Waals surface area contributed by atoms with Gasteiger partial charge in [0.05, 0.1) is 7.11 Å². The fraction of sp³-hybridized carbons (Fsp3) is 0.632. The number of benzene rings is 1. The normalized spacial score (nSPS) is 29.8. The summed E-state index contributed by atoms with van der Waals surface area (Å²) < 4.78 is 5.20. The number of fused-ring (bicyclic) bond motifs is 2. The maximum absolute atomic E-state index is 12.4. The van der Waals surface area contributed by atoms with Gasteiger partial charge >= 0.3 is 6.03 Å². The molecule has 0 radical (unpaired) electrons. The summed E-state index contributed by atoms with van der Waals surface area (Å²) in [6.07, 6.45) is 8.88. The van der Waals surface area contributed by atoms with Gasteiger partial charge in [-0.3, -0.25) is 4.90 Å². The van der Waals surface area contributed by atoms with Crippen LogP contribution < -0.4 is 15.4 Å². The SMILES string of the molecule is COc1cccc(NC(=O)NC2C[C@@H]3CCC[C@@H](C2)N3C2CC2)c1. The number of hydrogen-bond acceptors (Lipinski definition) is 3. The molecule has 0 aromatic heterocycles. The van der Waals surface area contributed by atoms with Crippen molar-refractivity contribution < 1.29 is 9.53 Å². The fourth-order valence-corrected chi connectivity index (χ4v) is 4.56. The Bertz CT molecular complexity index is 588. The molecule has 1 aromatic rings. The Kier molecular flexibility index (Phi) is 4.35. The van der Waals surface area contributed by atoms with Gasteiger partial charge in [0.15, 0.2) is 0 Å². The van der Waals surface area contributed by atoms with E-state index in [1.807, 2.05) is 24.3 Å². The van der Waals surface area contributed by atoms with Gasteiger partial charge in [-0.1, -0.05) is 12.5 Å². The predicted molar refractivity (Wildman–Crippen MR) is 94.5 cm³/mol. The summed E-state index contributed by atoms with van der Waals surface area (Å²) in [5.74, 6) is 0.750. The van der Waals surface area contributed by atoms with E-state index in [-0.39, 0.29) is 6.03 Å². The van der Waals surface area contributed by atoms with E-state index in [1.54, 1.807) is 7.11 Å². The lowest BCUT2D eigenvalue weighted by Gasteiger charge is -2.49. The lowest BCUT2D eigenvalue weighted by Crippen LogP contribution is -2.58. The number of amides is 2. The van der Waals surface area contributed by atoms with Crippen LogP contribution in [-0.2, 0) is 0 Å². The van der Waals surface area contributed by atoms with Crippen molar-refractivity contribution in [2.45, 2.75) is 69.1 Å². The Morgan fingerprint density at radius 2 is 1.88 bits per heavy atom. The van der Waals surface area contributed by atoms with Crippen molar-refractivity contribution in [2.75, 3.05) is 12.4 Å². The van der Waals surface area contributed by atoms with E-state index in [9.17, 15) is 4.79 Å².